The zero-order valence-corrected chi connectivity index (χ0v) is 9.42. The molecule has 0 fully saturated rings. The first kappa shape index (κ1) is 12.6. The quantitative estimate of drug-likeness (QED) is 0.806. The highest BCUT2D eigenvalue weighted by Crippen LogP contribution is 2.24. The molecule has 0 unspecified atom stereocenters. The van der Waals surface area contributed by atoms with E-state index in [0.29, 0.717) is 0 Å². The largest absolute Gasteiger partial charge is 0.504 e. The van der Waals surface area contributed by atoms with Crippen LogP contribution >= 0.6 is 0 Å². The van der Waals surface area contributed by atoms with E-state index in [-0.39, 0.29) is 11.1 Å². The van der Waals surface area contributed by atoms with E-state index in [4.69, 9.17) is 0 Å². The van der Waals surface area contributed by atoms with Gasteiger partial charge in [-0.3, -0.25) is 0 Å². The fourth-order valence-electron chi connectivity index (χ4n) is 1.23. The Morgan fingerprint density at radius 1 is 1.25 bits per heavy atom. The summed E-state index contributed by atoms with van der Waals surface area (Å²) in [5.74, 6) is -1.46. The topological polar surface area (TPSA) is 29.5 Å². The maximum Gasteiger partial charge on any atom is 0.133 e. The molecule has 0 atom stereocenters. The van der Waals surface area contributed by atoms with Crippen LogP contribution in [0.4, 0.5) is 8.78 Å². The average Bonchev–Trinajstić information content (AvgIpc) is 2.15. The third-order valence-corrected chi connectivity index (χ3v) is 2.16. The molecule has 4 heteroatoms. The molecule has 0 aliphatic heterocycles. The van der Waals surface area contributed by atoms with Crippen LogP contribution < -0.4 is 0 Å². The number of hydrogen-bond donors (Lipinski definition) is 1. The molecule has 0 saturated carbocycles. The molecule has 88 valence electrons. The lowest BCUT2D eigenvalue weighted by Crippen LogP contribution is -2.16. The second-order valence-electron chi connectivity index (χ2n) is 3.95. The molecule has 0 radical (unpaired) electrons. The standard InChI is InChI=1S/C12H14F2O2/c1-12(2,15)8-6-10(13)9(4-5-16-3)11(14)7-8/h4-7,15H,1-3H3. The minimum Gasteiger partial charge on any atom is -0.504 e. The Hall–Kier alpha value is -1.42. The van der Waals surface area contributed by atoms with Crippen LogP contribution in [0.1, 0.15) is 25.0 Å². The van der Waals surface area contributed by atoms with Gasteiger partial charge in [-0.2, -0.15) is 0 Å². The van der Waals surface area contributed by atoms with Crippen LogP contribution in [-0.2, 0) is 10.3 Å². The Labute approximate surface area is 93.2 Å². The summed E-state index contributed by atoms with van der Waals surface area (Å²) in [4.78, 5) is 0. The van der Waals surface area contributed by atoms with Gasteiger partial charge in [-0.15, -0.1) is 0 Å². The summed E-state index contributed by atoms with van der Waals surface area (Å²) in [6, 6.07) is 2.22. The van der Waals surface area contributed by atoms with E-state index in [2.05, 4.69) is 4.74 Å². The molecule has 1 rings (SSSR count). The highest BCUT2D eigenvalue weighted by Gasteiger charge is 2.19. The molecule has 0 heterocycles. The van der Waals surface area contributed by atoms with Gasteiger partial charge in [0, 0.05) is 5.56 Å². The van der Waals surface area contributed by atoms with Crippen LogP contribution in [0.2, 0.25) is 0 Å². The SMILES string of the molecule is COC=Cc1c(F)cc(C(C)(C)O)cc1F. The van der Waals surface area contributed by atoms with E-state index in [0.717, 1.165) is 12.1 Å². The van der Waals surface area contributed by atoms with E-state index < -0.39 is 17.2 Å². The van der Waals surface area contributed by atoms with Gasteiger partial charge < -0.3 is 9.84 Å². The number of methoxy groups -OCH3 is 1. The van der Waals surface area contributed by atoms with E-state index in [1.54, 1.807) is 0 Å². The number of rotatable bonds is 3. The van der Waals surface area contributed by atoms with Crippen molar-refractivity contribution in [2.45, 2.75) is 19.4 Å². The van der Waals surface area contributed by atoms with Crippen LogP contribution in [0, 0.1) is 11.6 Å². The predicted molar refractivity (Wildman–Crippen MR) is 57.6 cm³/mol. The van der Waals surface area contributed by atoms with Gasteiger partial charge >= 0.3 is 0 Å². The molecule has 16 heavy (non-hydrogen) atoms. The molecule has 0 bridgehead atoms. The van der Waals surface area contributed by atoms with Crippen LogP contribution in [0.15, 0.2) is 18.4 Å². The van der Waals surface area contributed by atoms with Crippen molar-refractivity contribution in [1.29, 1.82) is 0 Å². The fourth-order valence-corrected chi connectivity index (χ4v) is 1.23. The first-order chi connectivity index (χ1) is 7.36. The minimum atomic E-state index is -1.27. The van der Waals surface area contributed by atoms with Crippen molar-refractivity contribution >= 4 is 6.08 Å². The normalized spacial score (nSPS) is 12.1. The summed E-state index contributed by atoms with van der Waals surface area (Å²) in [5, 5.41) is 9.63. The minimum absolute atomic E-state index is 0.185. The van der Waals surface area contributed by atoms with Crippen LogP contribution in [0.3, 0.4) is 0 Å². The smallest absolute Gasteiger partial charge is 0.133 e. The van der Waals surface area contributed by atoms with Gasteiger partial charge in [-0.1, -0.05) is 0 Å². The third-order valence-electron chi connectivity index (χ3n) is 2.16. The molecule has 0 aromatic heterocycles. The Morgan fingerprint density at radius 2 is 1.75 bits per heavy atom. The van der Waals surface area contributed by atoms with Gasteiger partial charge in [0.1, 0.15) is 11.6 Å². The van der Waals surface area contributed by atoms with Crippen LogP contribution in [-0.4, -0.2) is 12.2 Å². The first-order valence-electron chi connectivity index (χ1n) is 4.77. The summed E-state index contributed by atoms with van der Waals surface area (Å²) in [6.07, 6.45) is 2.38. The van der Waals surface area contributed by atoms with E-state index in [1.165, 1.54) is 33.3 Å². The summed E-state index contributed by atoms with van der Waals surface area (Å²) >= 11 is 0. The highest BCUT2D eigenvalue weighted by atomic mass is 19.1. The van der Waals surface area contributed by atoms with Crippen molar-refractivity contribution in [3.05, 3.63) is 41.2 Å². The van der Waals surface area contributed by atoms with Crippen molar-refractivity contribution in [2.75, 3.05) is 7.11 Å². The average molecular weight is 228 g/mol. The van der Waals surface area contributed by atoms with Gasteiger partial charge in [0.2, 0.25) is 0 Å². The molecule has 0 spiro atoms. The van der Waals surface area contributed by atoms with Crippen LogP contribution in [0.25, 0.3) is 6.08 Å². The lowest BCUT2D eigenvalue weighted by atomic mass is 9.96. The predicted octanol–water partition coefficient (Wildman–Crippen LogP) is 2.81. The molecular formula is C12H14F2O2. The molecule has 0 aliphatic rings. The van der Waals surface area contributed by atoms with E-state index in [9.17, 15) is 13.9 Å². The molecule has 1 N–H and O–H groups in total. The number of ether oxygens (including phenoxy) is 1. The number of hydrogen-bond acceptors (Lipinski definition) is 2. The Morgan fingerprint density at radius 3 is 2.12 bits per heavy atom. The van der Waals surface area contributed by atoms with Gasteiger partial charge in [0.05, 0.1) is 19.0 Å². The van der Waals surface area contributed by atoms with Gasteiger partial charge in [-0.05, 0) is 37.6 Å². The summed E-state index contributed by atoms with van der Waals surface area (Å²) in [5.41, 5.74) is -1.27. The van der Waals surface area contributed by atoms with E-state index in [1.807, 2.05) is 0 Å². The molecule has 2 nitrogen and oxygen atoms in total. The summed E-state index contributed by atoms with van der Waals surface area (Å²) in [7, 11) is 1.39. The zero-order chi connectivity index (χ0) is 12.3. The van der Waals surface area contributed by atoms with Crippen molar-refractivity contribution in [3.8, 4) is 0 Å². The van der Waals surface area contributed by atoms with Crippen molar-refractivity contribution in [1.82, 2.24) is 0 Å². The molecule has 1 aromatic rings. The lowest BCUT2D eigenvalue weighted by Gasteiger charge is -2.18. The molecule has 0 aliphatic carbocycles. The third kappa shape index (κ3) is 2.79. The monoisotopic (exact) mass is 228 g/mol. The van der Waals surface area contributed by atoms with Gasteiger partial charge in [-0.25, -0.2) is 8.78 Å². The van der Waals surface area contributed by atoms with Gasteiger partial charge in [0.25, 0.3) is 0 Å². The number of benzene rings is 1. The number of aliphatic hydroxyl groups is 1. The first-order valence-corrected chi connectivity index (χ1v) is 4.77. The molecular weight excluding hydrogens is 214 g/mol. The van der Waals surface area contributed by atoms with Crippen LogP contribution in [0.5, 0.6) is 0 Å². The number of halogens is 2. The van der Waals surface area contributed by atoms with Crippen molar-refractivity contribution in [3.63, 3.8) is 0 Å². The Bertz CT molecular complexity index is 383. The molecule has 1 aromatic carbocycles. The Balaban J connectivity index is 3.23. The van der Waals surface area contributed by atoms with E-state index >= 15 is 0 Å². The maximum absolute atomic E-state index is 13.5. The second-order valence-corrected chi connectivity index (χ2v) is 3.95. The Kier molecular flexibility index (Phi) is 3.65. The van der Waals surface area contributed by atoms with Crippen molar-refractivity contribution < 1.29 is 18.6 Å². The zero-order valence-electron chi connectivity index (χ0n) is 9.42. The summed E-state index contributed by atoms with van der Waals surface area (Å²) in [6.45, 7) is 2.93. The lowest BCUT2D eigenvalue weighted by molar-refractivity contribution is 0.0778. The highest BCUT2D eigenvalue weighted by molar-refractivity contribution is 5.51. The summed E-state index contributed by atoms with van der Waals surface area (Å²) < 4.78 is 31.6. The fraction of sp³-hybridized carbons (Fsp3) is 0.333. The molecule has 0 saturated heterocycles. The molecule has 0 amide bonds. The second kappa shape index (κ2) is 4.61. The maximum atomic E-state index is 13.5. The van der Waals surface area contributed by atoms with Crippen molar-refractivity contribution in [2.24, 2.45) is 0 Å². The van der Waals surface area contributed by atoms with Gasteiger partial charge in [0.15, 0.2) is 0 Å².